The highest BCUT2D eigenvalue weighted by Gasteiger charge is 2.32. The highest BCUT2D eigenvalue weighted by atomic mass is 16.3. The smallest absolute Gasteiger partial charge is 0.226 e. The van der Waals surface area contributed by atoms with Gasteiger partial charge in [0.05, 0.1) is 0 Å². The van der Waals surface area contributed by atoms with Crippen molar-refractivity contribution in [1.82, 2.24) is 4.90 Å². The van der Waals surface area contributed by atoms with Crippen molar-refractivity contribution in [2.75, 3.05) is 19.7 Å². The van der Waals surface area contributed by atoms with E-state index in [2.05, 4.69) is 24.3 Å². The van der Waals surface area contributed by atoms with Crippen LogP contribution in [-0.4, -0.2) is 35.6 Å². The molecule has 0 saturated carbocycles. The summed E-state index contributed by atoms with van der Waals surface area (Å²) >= 11 is 0. The zero-order valence-corrected chi connectivity index (χ0v) is 11.2. The van der Waals surface area contributed by atoms with E-state index in [4.69, 9.17) is 5.11 Å². The Morgan fingerprint density at radius 3 is 2.26 bits per heavy atom. The molecule has 102 valence electrons. The fraction of sp³-hybridized carbons (Fsp3) is 0.562. The van der Waals surface area contributed by atoms with E-state index in [1.807, 2.05) is 4.90 Å². The molecule has 3 nitrogen and oxygen atoms in total. The Morgan fingerprint density at radius 2 is 1.74 bits per heavy atom. The van der Waals surface area contributed by atoms with Gasteiger partial charge in [0.25, 0.3) is 0 Å². The molecule has 1 heterocycles. The van der Waals surface area contributed by atoms with E-state index in [0.29, 0.717) is 11.8 Å². The zero-order valence-electron chi connectivity index (χ0n) is 11.2. The molecule has 0 bridgehead atoms. The van der Waals surface area contributed by atoms with Crippen LogP contribution in [0.4, 0.5) is 0 Å². The van der Waals surface area contributed by atoms with Gasteiger partial charge in [0.1, 0.15) is 0 Å². The lowest BCUT2D eigenvalue weighted by Gasteiger charge is -2.32. The molecule has 0 radical (unpaired) electrons. The van der Waals surface area contributed by atoms with E-state index < -0.39 is 0 Å². The first-order valence-corrected chi connectivity index (χ1v) is 7.24. The van der Waals surface area contributed by atoms with Crippen molar-refractivity contribution in [2.45, 2.75) is 25.7 Å². The third-order valence-electron chi connectivity index (χ3n) is 4.58. The maximum absolute atomic E-state index is 12.5. The molecule has 1 N–H and O–H groups in total. The Kier molecular flexibility index (Phi) is 3.56. The van der Waals surface area contributed by atoms with Crippen molar-refractivity contribution in [3.63, 3.8) is 0 Å². The molecular weight excluding hydrogens is 238 g/mol. The minimum absolute atomic E-state index is 0.142. The summed E-state index contributed by atoms with van der Waals surface area (Å²) in [5.41, 5.74) is 2.68. The standard InChI is InChI=1S/C16H21NO2/c18-11-12-5-7-17(8-6-12)16(19)15-9-13-3-1-2-4-14(13)10-15/h1-4,12,15,18H,5-11H2. The van der Waals surface area contributed by atoms with Crippen LogP contribution < -0.4 is 0 Å². The molecule has 1 amide bonds. The average Bonchev–Trinajstić information content (AvgIpc) is 2.90. The second-order valence-corrected chi connectivity index (χ2v) is 5.83. The van der Waals surface area contributed by atoms with Gasteiger partial charge in [-0.3, -0.25) is 4.79 Å². The topological polar surface area (TPSA) is 40.5 Å². The van der Waals surface area contributed by atoms with Crippen LogP contribution in [0.3, 0.4) is 0 Å². The molecule has 1 aliphatic carbocycles. The van der Waals surface area contributed by atoms with Crippen LogP contribution in [-0.2, 0) is 17.6 Å². The largest absolute Gasteiger partial charge is 0.396 e. The van der Waals surface area contributed by atoms with Gasteiger partial charge in [0.15, 0.2) is 0 Å². The van der Waals surface area contributed by atoms with E-state index in [0.717, 1.165) is 38.8 Å². The van der Waals surface area contributed by atoms with Gasteiger partial charge in [-0.15, -0.1) is 0 Å². The predicted molar refractivity (Wildman–Crippen MR) is 73.7 cm³/mol. The second kappa shape index (κ2) is 5.33. The quantitative estimate of drug-likeness (QED) is 0.877. The molecule has 3 heteroatoms. The van der Waals surface area contributed by atoms with Crippen molar-refractivity contribution in [3.05, 3.63) is 35.4 Å². The Bertz CT molecular complexity index is 439. The van der Waals surface area contributed by atoms with Crippen molar-refractivity contribution >= 4 is 5.91 Å². The number of rotatable bonds is 2. The zero-order chi connectivity index (χ0) is 13.2. The van der Waals surface area contributed by atoms with Gasteiger partial charge in [0.2, 0.25) is 5.91 Å². The molecule has 0 unspecified atom stereocenters. The van der Waals surface area contributed by atoms with Crippen LogP contribution in [0.1, 0.15) is 24.0 Å². The van der Waals surface area contributed by atoms with E-state index in [-0.39, 0.29) is 12.5 Å². The maximum atomic E-state index is 12.5. The Morgan fingerprint density at radius 1 is 1.16 bits per heavy atom. The number of likely N-dealkylation sites (tertiary alicyclic amines) is 1. The first-order chi connectivity index (χ1) is 9.28. The summed E-state index contributed by atoms with van der Waals surface area (Å²) in [4.78, 5) is 14.5. The van der Waals surface area contributed by atoms with Gasteiger partial charge in [-0.2, -0.15) is 0 Å². The molecule has 19 heavy (non-hydrogen) atoms. The minimum Gasteiger partial charge on any atom is -0.396 e. The molecule has 3 rings (SSSR count). The van der Waals surface area contributed by atoms with Crippen molar-refractivity contribution in [3.8, 4) is 0 Å². The average molecular weight is 259 g/mol. The van der Waals surface area contributed by atoms with Crippen molar-refractivity contribution in [1.29, 1.82) is 0 Å². The number of benzene rings is 1. The van der Waals surface area contributed by atoms with Crippen molar-refractivity contribution < 1.29 is 9.90 Å². The molecule has 2 aliphatic rings. The number of nitrogens with zero attached hydrogens (tertiary/aromatic N) is 1. The lowest BCUT2D eigenvalue weighted by Crippen LogP contribution is -2.42. The predicted octanol–water partition coefficient (Wildman–Crippen LogP) is 1.63. The summed E-state index contributed by atoms with van der Waals surface area (Å²) in [5.74, 6) is 0.848. The van der Waals surface area contributed by atoms with Gasteiger partial charge in [0, 0.05) is 25.6 Å². The van der Waals surface area contributed by atoms with Crippen LogP contribution >= 0.6 is 0 Å². The summed E-state index contributed by atoms with van der Waals surface area (Å²) in [6.07, 6.45) is 3.69. The van der Waals surface area contributed by atoms with Gasteiger partial charge in [-0.05, 0) is 42.7 Å². The number of carbonyl (C=O) groups is 1. The molecule has 1 aliphatic heterocycles. The van der Waals surface area contributed by atoms with Crippen LogP contribution in [0.5, 0.6) is 0 Å². The van der Waals surface area contributed by atoms with Crippen molar-refractivity contribution in [2.24, 2.45) is 11.8 Å². The number of piperidine rings is 1. The number of hydrogen-bond donors (Lipinski definition) is 1. The van der Waals surface area contributed by atoms with Crippen LogP contribution in [0, 0.1) is 11.8 Å². The van der Waals surface area contributed by atoms with E-state index in [1.165, 1.54) is 11.1 Å². The fourth-order valence-electron chi connectivity index (χ4n) is 3.33. The van der Waals surface area contributed by atoms with Crippen LogP contribution in [0.2, 0.25) is 0 Å². The Labute approximate surface area is 114 Å². The fourth-order valence-corrected chi connectivity index (χ4v) is 3.33. The van der Waals surface area contributed by atoms with Gasteiger partial charge < -0.3 is 10.0 Å². The van der Waals surface area contributed by atoms with Gasteiger partial charge >= 0.3 is 0 Å². The third kappa shape index (κ3) is 2.52. The number of amides is 1. The molecule has 0 spiro atoms. The number of fused-ring (bicyclic) bond motifs is 1. The Balaban J connectivity index is 1.61. The third-order valence-corrected chi connectivity index (χ3v) is 4.58. The SMILES string of the molecule is O=C(C1Cc2ccccc2C1)N1CCC(CO)CC1. The lowest BCUT2D eigenvalue weighted by molar-refractivity contribution is -0.136. The highest BCUT2D eigenvalue weighted by molar-refractivity contribution is 5.80. The Hall–Kier alpha value is -1.35. The second-order valence-electron chi connectivity index (χ2n) is 5.83. The van der Waals surface area contributed by atoms with Gasteiger partial charge in [-0.25, -0.2) is 0 Å². The summed E-state index contributed by atoms with van der Waals surface area (Å²) in [6, 6.07) is 8.39. The molecular formula is C16H21NO2. The highest BCUT2D eigenvalue weighted by Crippen LogP contribution is 2.29. The maximum Gasteiger partial charge on any atom is 0.226 e. The summed E-state index contributed by atoms with van der Waals surface area (Å²) in [5, 5.41) is 9.14. The number of carbonyl (C=O) groups excluding carboxylic acids is 1. The lowest BCUT2D eigenvalue weighted by atomic mass is 9.96. The van der Waals surface area contributed by atoms with E-state index in [1.54, 1.807) is 0 Å². The normalized spacial score (nSPS) is 20.6. The molecule has 1 aromatic rings. The number of aliphatic hydroxyl groups is 1. The summed E-state index contributed by atoms with van der Waals surface area (Å²) < 4.78 is 0. The summed E-state index contributed by atoms with van der Waals surface area (Å²) in [7, 11) is 0. The monoisotopic (exact) mass is 259 g/mol. The van der Waals surface area contributed by atoms with Crippen LogP contribution in [0.15, 0.2) is 24.3 Å². The first kappa shape index (κ1) is 12.7. The molecule has 0 aromatic heterocycles. The molecule has 1 fully saturated rings. The minimum atomic E-state index is 0.142. The number of hydrogen-bond acceptors (Lipinski definition) is 2. The van der Waals surface area contributed by atoms with E-state index >= 15 is 0 Å². The molecule has 1 saturated heterocycles. The molecule has 0 atom stereocenters. The summed E-state index contributed by atoms with van der Waals surface area (Å²) in [6.45, 7) is 1.89. The first-order valence-electron chi connectivity index (χ1n) is 7.24. The number of aliphatic hydroxyl groups excluding tert-OH is 1. The molecule has 1 aromatic carbocycles. The van der Waals surface area contributed by atoms with Gasteiger partial charge in [-0.1, -0.05) is 24.3 Å². The van der Waals surface area contributed by atoms with Crippen LogP contribution in [0.25, 0.3) is 0 Å². The van der Waals surface area contributed by atoms with E-state index in [9.17, 15) is 4.79 Å².